The Morgan fingerprint density at radius 3 is 2.53 bits per heavy atom. The Labute approximate surface area is 102 Å². The number of benzene rings is 2. The Bertz CT molecular complexity index is 581. The first kappa shape index (κ1) is 11.6. The van der Waals surface area contributed by atoms with E-state index in [0.29, 0.717) is 0 Å². The van der Waals surface area contributed by atoms with Crippen LogP contribution in [0.25, 0.3) is 0 Å². The van der Waals surface area contributed by atoms with E-state index in [9.17, 15) is 14.3 Å². The molecule has 0 saturated heterocycles. The van der Waals surface area contributed by atoms with Gasteiger partial charge in [0.15, 0.2) is 5.78 Å². The molecule has 0 radical (unpaired) electrons. The summed E-state index contributed by atoms with van der Waals surface area (Å²) in [5, 5.41) is 9.30. The van der Waals surface area contributed by atoms with E-state index in [4.69, 9.17) is 11.6 Å². The lowest BCUT2D eigenvalue weighted by Crippen LogP contribution is -2.03. The highest BCUT2D eigenvalue weighted by Crippen LogP contribution is 2.25. The van der Waals surface area contributed by atoms with Gasteiger partial charge in [-0.2, -0.15) is 0 Å². The number of ketones is 1. The van der Waals surface area contributed by atoms with E-state index in [1.54, 1.807) is 6.07 Å². The normalized spacial score (nSPS) is 10.2. The molecule has 0 unspecified atom stereocenters. The summed E-state index contributed by atoms with van der Waals surface area (Å²) >= 11 is 5.69. The van der Waals surface area contributed by atoms with Crippen LogP contribution in [0.1, 0.15) is 15.9 Å². The van der Waals surface area contributed by atoms with Crippen molar-refractivity contribution in [1.29, 1.82) is 0 Å². The van der Waals surface area contributed by atoms with E-state index < -0.39 is 11.6 Å². The van der Waals surface area contributed by atoms with E-state index >= 15 is 0 Å². The molecule has 2 nitrogen and oxygen atoms in total. The third-order valence-electron chi connectivity index (χ3n) is 2.33. The Morgan fingerprint density at radius 2 is 1.88 bits per heavy atom. The molecule has 0 bridgehead atoms. The van der Waals surface area contributed by atoms with Crippen LogP contribution in [0, 0.1) is 5.82 Å². The van der Waals surface area contributed by atoms with Crippen LogP contribution in [-0.2, 0) is 0 Å². The van der Waals surface area contributed by atoms with Gasteiger partial charge in [0.2, 0.25) is 0 Å². The van der Waals surface area contributed by atoms with Gasteiger partial charge in [-0.25, -0.2) is 4.39 Å². The zero-order valence-corrected chi connectivity index (χ0v) is 9.41. The standard InChI is InChI=1S/C13H8ClFO2/c14-10-7-8(5-6-12(10)16)13(17)9-3-1-2-4-11(9)15/h1-7,16H. The summed E-state index contributed by atoms with van der Waals surface area (Å²) in [6, 6.07) is 9.72. The van der Waals surface area contributed by atoms with Gasteiger partial charge < -0.3 is 5.11 Å². The molecule has 17 heavy (non-hydrogen) atoms. The average molecular weight is 251 g/mol. The van der Waals surface area contributed by atoms with E-state index in [1.165, 1.54) is 36.4 Å². The number of rotatable bonds is 2. The molecule has 0 heterocycles. The molecule has 0 spiro atoms. The Kier molecular flexibility index (Phi) is 3.11. The topological polar surface area (TPSA) is 37.3 Å². The minimum absolute atomic E-state index is 0.0192. The molecule has 2 rings (SSSR count). The van der Waals surface area contributed by atoms with E-state index in [2.05, 4.69) is 0 Å². The van der Waals surface area contributed by atoms with Gasteiger partial charge in [-0.3, -0.25) is 4.79 Å². The van der Waals surface area contributed by atoms with Crippen molar-refractivity contribution in [2.75, 3.05) is 0 Å². The van der Waals surface area contributed by atoms with E-state index in [-0.39, 0.29) is 21.9 Å². The number of phenolic OH excluding ortho intramolecular Hbond substituents is 1. The van der Waals surface area contributed by atoms with Crippen molar-refractivity contribution in [1.82, 2.24) is 0 Å². The van der Waals surface area contributed by atoms with Crippen molar-refractivity contribution in [2.45, 2.75) is 0 Å². The maximum Gasteiger partial charge on any atom is 0.196 e. The van der Waals surface area contributed by atoms with Gasteiger partial charge in [0.1, 0.15) is 11.6 Å². The number of aromatic hydroxyl groups is 1. The largest absolute Gasteiger partial charge is 0.506 e. The lowest BCUT2D eigenvalue weighted by atomic mass is 10.0. The zero-order valence-electron chi connectivity index (χ0n) is 8.65. The van der Waals surface area contributed by atoms with Gasteiger partial charge in [0.25, 0.3) is 0 Å². The lowest BCUT2D eigenvalue weighted by Gasteiger charge is -2.03. The fourth-order valence-corrected chi connectivity index (χ4v) is 1.63. The van der Waals surface area contributed by atoms with Crippen LogP contribution in [0.15, 0.2) is 42.5 Å². The molecule has 0 fully saturated rings. The Balaban J connectivity index is 2.44. The van der Waals surface area contributed by atoms with E-state index in [1.807, 2.05) is 0 Å². The lowest BCUT2D eigenvalue weighted by molar-refractivity contribution is 0.103. The summed E-state index contributed by atoms with van der Waals surface area (Å²) in [5.41, 5.74) is 0.215. The summed E-state index contributed by atoms with van der Waals surface area (Å²) < 4.78 is 13.4. The molecule has 0 amide bonds. The fourth-order valence-electron chi connectivity index (χ4n) is 1.45. The number of phenols is 1. The molecule has 2 aromatic carbocycles. The van der Waals surface area contributed by atoms with Gasteiger partial charge in [-0.1, -0.05) is 23.7 Å². The Morgan fingerprint density at radius 1 is 1.18 bits per heavy atom. The van der Waals surface area contributed by atoms with Crippen molar-refractivity contribution < 1.29 is 14.3 Å². The molecule has 0 atom stereocenters. The van der Waals surface area contributed by atoms with Gasteiger partial charge in [0.05, 0.1) is 10.6 Å². The van der Waals surface area contributed by atoms with Gasteiger partial charge >= 0.3 is 0 Å². The first-order chi connectivity index (χ1) is 8.09. The minimum Gasteiger partial charge on any atom is -0.506 e. The summed E-state index contributed by atoms with van der Waals surface area (Å²) in [6.07, 6.45) is 0. The monoisotopic (exact) mass is 250 g/mol. The van der Waals surface area contributed by atoms with Crippen LogP contribution in [0.5, 0.6) is 5.75 Å². The van der Waals surface area contributed by atoms with Crippen LogP contribution in [0.4, 0.5) is 4.39 Å². The van der Waals surface area contributed by atoms with Crippen molar-refractivity contribution >= 4 is 17.4 Å². The first-order valence-electron chi connectivity index (χ1n) is 4.87. The number of carbonyl (C=O) groups is 1. The SMILES string of the molecule is O=C(c1ccc(O)c(Cl)c1)c1ccccc1F. The maximum atomic E-state index is 13.4. The number of carbonyl (C=O) groups excluding carboxylic acids is 1. The first-order valence-corrected chi connectivity index (χ1v) is 5.25. The summed E-state index contributed by atoms with van der Waals surface area (Å²) in [7, 11) is 0. The summed E-state index contributed by atoms with van der Waals surface area (Å²) in [4.78, 5) is 12.0. The smallest absolute Gasteiger partial charge is 0.196 e. The van der Waals surface area contributed by atoms with Crippen molar-refractivity contribution in [3.63, 3.8) is 0 Å². The molecule has 0 aliphatic carbocycles. The minimum atomic E-state index is -0.582. The number of hydrogen-bond donors (Lipinski definition) is 1. The molecule has 0 aromatic heterocycles. The van der Waals surface area contributed by atoms with Crippen LogP contribution in [0.2, 0.25) is 5.02 Å². The predicted molar refractivity (Wildman–Crippen MR) is 62.9 cm³/mol. The van der Waals surface area contributed by atoms with Gasteiger partial charge in [0, 0.05) is 5.56 Å². The second-order valence-corrected chi connectivity index (χ2v) is 3.88. The predicted octanol–water partition coefficient (Wildman–Crippen LogP) is 3.42. The van der Waals surface area contributed by atoms with Crippen LogP contribution in [0.3, 0.4) is 0 Å². The zero-order chi connectivity index (χ0) is 12.4. The quantitative estimate of drug-likeness (QED) is 0.830. The molecule has 0 aliphatic heterocycles. The average Bonchev–Trinajstić information content (AvgIpc) is 2.32. The van der Waals surface area contributed by atoms with Crippen molar-refractivity contribution in [3.8, 4) is 5.75 Å². The molecular formula is C13H8ClFO2. The van der Waals surface area contributed by atoms with Gasteiger partial charge in [-0.15, -0.1) is 0 Å². The molecule has 1 N–H and O–H groups in total. The highest BCUT2D eigenvalue weighted by atomic mass is 35.5. The molecule has 0 aliphatic rings. The summed E-state index contributed by atoms with van der Waals surface area (Å²) in [5.74, 6) is -1.16. The second kappa shape index (κ2) is 4.55. The van der Waals surface area contributed by atoms with Crippen molar-refractivity contribution in [3.05, 3.63) is 64.4 Å². The molecule has 0 saturated carbocycles. The maximum absolute atomic E-state index is 13.4. The van der Waals surface area contributed by atoms with Crippen LogP contribution in [-0.4, -0.2) is 10.9 Å². The third-order valence-corrected chi connectivity index (χ3v) is 2.63. The van der Waals surface area contributed by atoms with Gasteiger partial charge in [-0.05, 0) is 30.3 Å². The Hall–Kier alpha value is -1.87. The van der Waals surface area contributed by atoms with E-state index in [0.717, 1.165) is 0 Å². The highest BCUT2D eigenvalue weighted by Gasteiger charge is 2.14. The fraction of sp³-hybridized carbons (Fsp3) is 0. The molecule has 86 valence electrons. The van der Waals surface area contributed by atoms with Crippen molar-refractivity contribution in [2.24, 2.45) is 0 Å². The third kappa shape index (κ3) is 2.29. The van der Waals surface area contributed by atoms with Crippen LogP contribution < -0.4 is 0 Å². The highest BCUT2D eigenvalue weighted by molar-refractivity contribution is 6.32. The molecule has 4 heteroatoms. The summed E-state index contributed by atoms with van der Waals surface area (Å²) in [6.45, 7) is 0. The number of hydrogen-bond acceptors (Lipinski definition) is 2. The molecular weight excluding hydrogens is 243 g/mol. The molecule has 2 aromatic rings. The van der Waals surface area contributed by atoms with Crippen LogP contribution >= 0.6 is 11.6 Å². The second-order valence-electron chi connectivity index (χ2n) is 3.48. The number of halogens is 2.